The second-order valence-electron chi connectivity index (χ2n) is 5.45. The number of oxime groups is 1. The fourth-order valence-electron chi connectivity index (χ4n) is 2.87. The van der Waals surface area contributed by atoms with E-state index in [2.05, 4.69) is 11.2 Å². The van der Waals surface area contributed by atoms with Gasteiger partial charge in [0.05, 0.1) is 4.88 Å². The van der Waals surface area contributed by atoms with Crippen LogP contribution in [0.2, 0.25) is 0 Å². The summed E-state index contributed by atoms with van der Waals surface area (Å²) in [5.74, 6) is 2.70. The number of carbonyl (C=O) groups is 1. The Bertz CT molecular complexity index is 539. The number of amides is 1. The van der Waals surface area contributed by atoms with Gasteiger partial charge in [0.15, 0.2) is 0 Å². The highest BCUT2D eigenvalue weighted by Gasteiger charge is 2.27. The van der Waals surface area contributed by atoms with Crippen LogP contribution in [-0.2, 0) is 12.2 Å². The third kappa shape index (κ3) is 3.03. The van der Waals surface area contributed by atoms with Crippen molar-refractivity contribution in [1.82, 2.24) is 4.90 Å². The summed E-state index contributed by atoms with van der Waals surface area (Å²) in [6, 6.07) is 2.07. The third-order valence-corrected chi connectivity index (χ3v) is 6.39. The van der Waals surface area contributed by atoms with Crippen LogP contribution >= 0.6 is 23.1 Å². The van der Waals surface area contributed by atoms with Crippen LogP contribution in [0.1, 0.15) is 33.0 Å². The Morgan fingerprint density at radius 2 is 2.19 bits per heavy atom. The molecule has 0 saturated carbocycles. The highest BCUT2D eigenvalue weighted by molar-refractivity contribution is 7.98. The summed E-state index contributed by atoms with van der Waals surface area (Å²) in [5, 5.41) is 11.8. The average molecular weight is 325 g/mol. The first kappa shape index (κ1) is 14.7. The van der Waals surface area contributed by atoms with E-state index < -0.39 is 0 Å². The normalized spacial score (nSPS) is 20.4. The summed E-state index contributed by atoms with van der Waals surface area (Å²) < 4.78 is 0. The Morgan fingerprint density at radius 1 is 1.43 bits per heavy atom. The SMILES string of the molecule is NC(=NO)C1CCN(C(=O)c2cc3c(s2)CCSC3)CC1. The predicted octanol–water partition coefficient (Wildman–Crippen LogP) is 2.14. The van der Waals surface area contributed by atoms with E-state index in [1.54, 1.807) is 11.3 Å². The van der Waals surface area contributed by atoms with Crippen LogP contribution in [0.3, 0.4) is 0 Å². The number of fused-ring (bicyclic) bond motifs is 1. The number of nitrogens with zero attached hydrogens (tertiary/aromatic N) is 2. The number of carbonyl (C=O) groups excluding carboxylic acids is 1. The zero-order valence-corrected chi connectivity index (χ0v) is 13.4. The molecule has 1 aromatic heterocycles. The van der Waals surface area contributed by atoms with Crippen molar-refractivity contribution in [2.45, 2.75) is 25.0 Å². The van der Waals surface area contributed by atoms with E-state index in [0.29, 0.717) is 13.1 Å². The van der Waals surface area contributed by atoms with E-state index in [-0.39, 0.29) is 17.7 Å². The first-order valence-corrected chi connectivity index (χ1v) is 9.12. The molecule has 0 aromatic carbocycles. The van der Waals surface area contributed by atoms with Crippen molar-refractivity contribution in [2.24, 2.45) is 16.8 Å². The number of thiophene rings is 1. The fourth-order valence-corrected chi connectivity index (χ4v) is 5.21. The number of amidine groups is 1. The molecule has 2 aliphatic rings. The number of thioether (sulfide) groups is 1. The highest BCUT2D eigenvalue weighted by atomic mass is 32.2. The van der Waals surface area contributed by atoms with E-state index >= 15 is 0 Å². The molecule has 3 heterocycles. The lowest BCUT2D eigenvalue weighted by Gasteiger charge is -2.31. The van der Waals surface area contributed by atoms with Gasteiger partial charge in [-0.05, 0) is 36.6 Å². The Labute approximate surface area is 132 Å². The summed E-state index contributed by atoms with van der Waals surface area (Å²) in [4.78, 5) is 16.7. The van der Waals surface area contributed by atoms with Gasteiger partial charge in [-0.1, -0.05) is 5.16 Å². The van der Waals surface area contributed by atoms with E-state index in [1.807, 2.05) is 16.7 Å². The molecule has 3 N–H and O–H groups in total. The number of piperidine rings is 1. The molecule has 0 radical (unpaired) electrons. The Hall–Kier alpha value is -1.21. The van der Waals surface area contributed by atoms with Crippen LogP contribution in [0.5, 0.6) is 0 Å². The molecule has 0 aliphatic carbocycles. The maximum atomic E-state index is 12.6. The molecule has 3 rings (SSSR count). The lowest BCUT2D eigenvalue weighted by atomic mass is 9.96. The lowest BCUT2D eigenvalue weighted by molar-refractivity contribution is 0.0714. The first-order valence-electron chi connectivity index (χ1n) is 7.15. The van der Waals surface area contributed by atoms with Crippen molar-refractivity contribution in [1.29, 1.82) is 0 Å². The summed E-state index contributed by atoms with van der Waals surface area (Å²) in [5.41, 5.74) is 6.98. The second-order valence-corrected chi connectivity index (χ2v) is 7.69. The number of aryl methyl sites for hydroxylation is 1. The molecule has 7 heteroatoms. The van der Waals surface area contributed by atoms with E-state index in [4.69, 9.17) is 10.9 Å². The Morgan fingerprint density at radius 3 is 2.86 bits per heavy atom. The van der Waals surface area contributed by atoms with Gasteiger partial charge in [0.25, 0.3) is 5.91 Å². The van der Waals surface area contributed by atoms with E-state index in [1.165, 1.54) is 10.4 Å². The van der Waals surface area contributed by atoms with E-state index in [9.17, 15) is 4.79 Å². The third-order valence-electron chi connectivity index (χ3n) is 4.15. The van der Waals surface area contributed by atoms with Crippen LogP contribution in [0.15, 0.2) is 11.2 Å². The van der Waals surface area contributed by atoms with Gasteiger partial charge in [-0.3, -0.25) is 4.79 Å². The minimum Gasteiger partial charge on any atom is -0.409 e. The van der Waals surface area contributed by atoms with Crippen molar-refractivity contribution in [3.63, 3.8) is 0 Å². The smallest absolute Gasteiger partial charge is 0.263 e. The monoisotopic (exact) mass is 325 g/mol. The molecule has 1 aromatic rings. The summed E-state index contributed by atoms with van der Waals surface area (Å²) in [6.07, 6.45) is 2.62. The number of hydrogen-bond donors (Lipinski definition) is 2. The van der Waals surface area contributed by atoms with Crippen LogP contribution in [0, 0.1) is 5.92 Å². The summed E-state index contributed by atoms with van der Waals surface area (Å²) in [7, 11) is 0. The molecule has 0 spiro atoms. The quantitative estimate of drug-likeness (QED) is 0.378. The van der Waals surface area contributed by atoms with Crippen molar-refractivity contribution < 1.29 is 10.0 Å². The lowest BCUT2D eigenvalue weighted by Crippen LogP contribution is -2.41. The van der Waals surface area contributed by atoms with Crippen molar-refractivity contribution in [3.05, 3.63) is 21.4 Å². The summed E-state index contributed by atoms with van der Waals surface area (Å²) in [6.45, 7) is 1.36. The van der Waals surface area contributed by atoms with Gasteiger partial charge in [-0.25, -0.2) is 0 Å². The molecule has 1 fully saturated rings. The zero-order valence-electron chi connectivity index (χ0n) is 11.7. The van der Waals surface area contributed by atoms with Gasteiger partial charge in [0.1, 0.15) is 5.84 Å². The highest BCUT2D eigenvalue weighted by Crippen LogP contribution is 2.32. The maximum absolute atomic E-state index is 12.6. The molecule has 2 aliphatic heterocycles. The average Bonchev–Trinajstić information content (AvgIpc) is 2.97. The van der Waals surface area contributed by atoms with Crippen molar-refractivity contribution >= 4 is 34.8 Å². The molecule has 1 amide bonds. The maximum Gasteiger partial charge on any atom is 0.263 e. The zero-order chi connectivity index (χ0) is 14.8. The van der Waals surface area contributed by atoms with Crippen molar-refractivity contribution in [2.75, 3.05) is 18.8 Å². The largest absolute Gasteiger partial charge is 0.409 e. The minimum absolute atomic E-state index is 0.0898. The molecule has 0 bridgehead atoms. The van der Waals surface area contributed by atoms with Crippen LogP contribution in [-0.4, -0.2) is 40.7 Å². The van der Waals surface area contributed by atoms with Gasteiger partial charge >= 0.3 is 0 Å². The number of hydrogen-bond acceptors (Lipinski definition) is 5. The molecule has 5 nitrogen and oxygen atoms in total. The van der Waals surface area contributed by atoms with Gasteiger partial charge in [0, 0.05) is 29.6 Å². The Balaban J connectivity index is 1.65. The number of likely N-dealkylation sites (tertiary alicyclic amines) is 1. The molecular formula is C14H19N3O2S2. The van der Waals surface area contributed by atoms with Crippen LogP contribution in [0.25, 0.3) is 0 Å². The number of rotatable bonds is 2. The fraction of sp³-hybridized carbons (Fsp3) is 0.571. The second kappa shape index (κ2) is 6.27. The molecular weight excluding hydrogens is 306 g/mol. The standard InChI is InChI=1S/C14H19N3O2S2/c15-13(16-19)9-1-4-17(5-2-9)14(18)12-7-10-8-20-6-3-11(10)21-12/h7,9,19H,1-6,8H2,(H2,15,16). The van der Waals surface area contributed by atoms with Crippen LogP contribution in [0.4, 0.5) is 0 Å². The predicted molar refractivity (Wildman–Crippen MR) is 86.2 cm³/mol. The molecule has 1 saturated heterocycles. The topological polar surface area (TPSA) is 78.9 Å². The Kier molecular flexibility index (Phi) is 4.40. The van der Waals surface area contributed by atoms with Crippen LogP contribution < -0.4 is 5.73 Å². The number of nitrogens with two attached hydrogens (primary N) is 1. The van der Waals surface area contributed by atoms with Gasteiger partial charge in [-0.15, -0.1) is 11.3 Å². The van der Waals surface area contributed by atoms with Gasteiger partial charge in [-0.2, -0.15) is 11.8 Å². The minimum atomic E-state index is 0.0898. The van der Waals surface area contributed by atoms with Crippen molar-refractivity contribution in [3.8, 4) is 0 Å². The molecule has 114 valence electrons. The van der Waals surface area contributed by atoms with E-state index in [0.717, 1.165) is 35.6 Å². The molecule has 0 unspecified atom stereocenters. The molecule has 21 heavy (non-hydrogen) atoms. The molecule has 0 atom stereocenters. The summed E-state index contributed by atoms with van der Waals surface area (Å²) >= 11 is 3.59. The first-order chi connectivity index (χ1) is 10.2. The van der Waals surface area contributed by atoms with Gasteiger partial charge < -0.3 is 15.8 Å². The van der Waals surface area contributed by atoms with Gasteiger partial charge in [0.2, 0.25) is 0 Å².